The molecular weight excluding hydrogens is 480 g/mol. The van der Waals surface area contributed by atoms with Gasteiger partial charge in [0.15, 0.2) is 0 Å². The largest absolute Gasteiger partial charge is 0.481 e. The number of carbonyl (C=O) groups excluding carboxylic acids is 1. The van der Waals surface area contributed by atoms with Gasteiger partial charge in [-0.05, 0) is 26.9 Å². The summed E-state index contributed by atoms with van der Waals surface area (Å²) in [6.45, 7) is 4.40. The van der Waals surface area contributed by atoms with Crippen LogP contribution in [0.25, 0.3) is 0 Å². The molecule has 0 heterocycles. The number of nitrogens with one attached hydrogen (secondary N) is 1. The first-order chi connectivity index (χ1) is 18.2. The van der Waals surface area contributed by atoms with Gasteiger partial charge in [-0.15, -0.1) is 0 Å². The van der Waals surface area contributed by atoms with Crippen LogP contribution in [0.3, 0.4) is 0 Å². The Labute approximate surface area is 234 Å². The molecule has 0 spiro atoms. The van der Waals surface area contributed by atoms with E-state index in [0.717, 1.165) is 12.8 Å². The van der Waals surface area contributed by atoms with Gasteiger partial charge in [0.25, 0.3) is 0 Å². The number of aliphatic carboxylic acids is 2. The first kappa shape index (κ1) is 38.5. The molecule has 7 heteroatoms. The van der Waals surface area contributed by atoms with E-state index < -0.39 is 11.9 Å². The highest BCUT2D eigenvalue weighted by atomic mass is 16.4. The normalized spacial score (nSPS) is 11.6. The highest BCUT2D eigenvalue weighted by molar-refractivity contribution is 5.76. The monoisotopic (exact) mass is 542 g/mol. The Morgan fingerprint density at radius 1 is 0.553 bits per heavy atom. The minimum atomic E-state index is -1.08. The number of nitrogens with zero attached hydrogens (tertiary/aromatic N) is 1. The van der Waals surface area contributed by atoms with Crippen LogP contribution in [-0.2, 0) is 14.4 Å². The molecule has 0 fully saturated rings. The summed E-state index contributed by atoms with van der Waals surface area (Å²) < 4.78 is 0. The second-order valence-electron chi connectivity index (χ2n) is 10.9. The van der Waals surface area contributed by atoms with E-state index in [1.807, 2.05) is 14.1 Å². The first-order valence-electron chi connectivity index (χ1n) is 15.6. The van der Waals surface area contributed by atoms with Crippen LogP contribution < -0.4 is 5.32 Å². The van der Waals surface area contributed by atoms with Gasteiger partial charge in [0.05, 0.1) is 19.0 Å². The zero-order chi connectivity index (χ0) is 28.9. The highest BCUT2D eigenvalue weighted by Gasteiger charge is 2.11. The van der Waals surface area contributed by atoms with E-state index in [1.165, 1.54) is 116 Å². The average Bonchev–Trinajstić information content (AvgIpc) is 2.87. The number of carboxylic acids is 2. The lowest BCUT2D eigenvalue weighted by Gasteiger charge is -2.23. The molecule has 1 amide bonds. The van der Waals surface area contributed by atoms with Crippen LogP contribution in [0.15, 0.2) is 0 Å². The zero-order valence-electron chi connectivity index (χ0n) is 25.4. The molecule has 0 rings (SSSR count). The van der Waals surface area contributed by atoms with Crippen LogP contribution in [0, 0.1) is 0 Å². The fourth-order valence-electron chi connectivity index (χ4n) is 4.43. The summed E-state index contributed by atoms with van der Waals surface area (Å²) in [6, 6.07) is 0. The molecule has 0 aliphatic carbocycles. The van der Waals surface area contributed by atoms with Crippen LogP contribution in [0.2, 0.25) is 0 Å². The van der Waals surface area contributed by atoms with Gasteiger partial charge in [0, 0.05) is 6.42 Å². The predicted molar refractivity (Wildman–Crippen MR) is 158 cm³/mol. The molecule has 38 heavy (non-hydrogen) atoms. The Balaban J connectivity index is 0. The van der Waals surface area contributed by atoms with E-state index in [4.69, 9.17) is 10.2 Å². The van der Waals surface area contributed by atoms with Gasteiger partial charge in [0.2, 0.25) is 5.91 Å². The van der Waals surface area contributed by atoms with Gasteiger partial charge in [-0.2, -0.15) is 0 Å². The van der Waals surface area contributed by atoms with Crippen LogP contribution >= 0.6 is 0 Å². The Kier molecular flexibility index (Phi) is 30.3. The lowest BCUT2D eigenvalue weighted by atomic mass is 10.0. The van der Waals surface area contributed by atoms with Crippen molar-refractivity contribution in [1.29, 1.82) is 0 Å². The van der Waals surface area contributed by atoms with E-state index >= 15 is 0 Å². The molecule has 0 aromatic carbocycles. The predicted octanol–water partition coefficient (Wildman–Crippen LogP) is 8.16. The highest BCUT2D eigenvalue weighted by Crippen LogP contribution is 2.14. The zero-order valence-corrected chi connectivity index (χ0v) is 25.4. The third-order valence-electron chi connectivity index (χ3n) is 6.90. The summed E-state index contributed by atoms with van der Waals surface area (Å²) >= 11 is 0. The Morgan fingerprint density at radius 3 is 1.13 bits per heavy atom. The Morgan fingerprint density at radius 2 is 0.868 bits per heavy atom. The maximum Gasteiger partial charge on any atom is 0.303 e. The fourth-order valence-corrected chi connectivity index (χ4v) is 4.43. The Bertz CT molecular complexity index is 540. The smallest absolute Gasteiger partial charge is 0.303 e. The second kappa shape index (κ2) is 29.9. The molecule has 226 valence electrons. The molecule has 0 radical (unpaired) electrons. The summed E-state index contributed by atoms with van der Waals surface area (Å²) in [7, 11) is 4.04. The molecule has 0 saturated carbocycles. The summed E-state index contributed by atoms with van der Waals surface area (Å²) in [5.41, 5.74) is 0. The van der Waals surface area contributed by atoms with Gasteiger partial charge in [-0.25, -0.2) is 0 Å². The van der Waals surface area contributed by atoms with Crippen molar-refractivity contribution >= 4 is 17.8 Å². The quantitative estimate of drug-likeness (QED) is 0.0752. The molecule has 0 aromatic rings. The summed E-state index contributed by atoms with van der Waals surface area (Å²) in [4.78, 5) is 33.3. The van der Waals surface area contributed by atoms with Crippen molar-refractivity contribution in [3.8, 4) is 0 Å². The number of unbranched alkanes of at least 4 members (excludes halogenated alkanes) is 18. The molecule has 0 aliphatic rings. The minimum absolute atomic E-state index is 0.179. The number of carboxylic acid groups (broad SMARTS) is 2. The van der Waals surface area contributed by atoms with E-state index in [0.29, 0.717) is 6.42 Å². The van der Waals surface area contributed by atoms with Crippen LogP contribution in [0.5, 0.6) is 0 Å². The van der Waals surface area contributed by atoms with Crippen LogP contribution in [0.1, 0.15) is 162 Å². The van der Waals surface area contributed by atoms with Gasteiger partial charge >= 0.3 is 11.9 Å². The molecule has 0 aromatic heterocycles. The topological polar surface area (TPSA) is 107 Å². The molecule has 1 unspecified atom stereocenters. The van der Waals surface area contributed by atoms with E-state index in [-0.39, 0.29) is 24.9 Å². The maximum atomic E-state index is 12.0. The van der Waals surface area contributed by atoms with Crippen LogP contribution in [0.4, 0.5) is 0 Å². The number of hydrogen-bond donors (Lipinski definition) is 3. The number of carbonyl (C=O) groups is 3. The lowest BCUT2D eigenvalue weighted by Crippen LogP contribution is -2.44. The van der Waals surface area contributed by atoms with Crippen LogP contribution in [-0.4, -0.2) is 53.2 Å². The second-order valence-corrected chi connectivity index (χ2v) is 10.9. The standard InChI is InChI=1S/C27H56N2O.C4H6O4/c1-5-7-8-9-10-11-12-13-14-15-16-17-18-19-20-21-22-23-24-25-27(30)28-26(6-2)29(3)4;5-3(6)1-2-4(7)8/h26H,5-25H2,1-4H3,(H,28,30);1-2H2,(H,5,6)(H,7,8). The third kappa shape index (κ3) is 32.4. The molecular formula is C31H62N2O5. The molecule has 0 saturated heterocycles. The molecule has 3 N–H and O–H groups in total. The molecule has 0 bridgehead atoms. The fraction of sp³-hybridized carbons (Fsp3) is 0.903. The molecule has 1 atom stereocenters. The van der Waals surface area contributed by atoms with Gasteiger partial charge in [-0.1, -0.05) is 129 Å². The summed E-state index contributed by atoms with van der Waals surface area (Å²) in [5.74, 6) is -1.94. The van der Waals surface area contributed by atoms with Gasteiger partial charge in [-0.3, -0.25) is 19.3 Å². The van der Waals surface area contributed by atoms with Crippen molar-refractivity contribution in [2.75, 3.05) is 14.1 Å². The SMILES string of the molecule is CCCCCCCCCCCCCCCCCCCCCC(=O)NC(CC)N(C)C.O=C(O)CCC(=O)O. The van der Waals surface area contributed by atoms with E-state index in [1.54, 1.807) is 0 Å². The van der Waals surface area contributed by atoms with Crippen molar-refractivity contribution in [2.45, 2.75) is 168 Å². The van der Waals surface area contributed by atoms with Crippen molar-refractivity contribution in [3.63, 3.8) is 0 Å². The Hall–Kier alpha value is -1.63. The average molecular weight is 543 g/mol. The van der Waals surface area contributed by atoms with Crippen molar-refractivity contribution in [1.82, 2.24) is 10.2 Å². The van der Waals surface area contributed by atoms with Crippen molar-refractivity contribution in [2.24, 2.45) is 0 Å². The molecule has 0 aliphatic heterocycles. The summed E-state index contributed by atoms with van der Waals surface area (Å²) in [5, 5.41) is 18.9. The number of amides is 1. The first-order valence-corrected chi connectivity index (χ1v) is 15.6. The lowest BCUT2D eigenvalue weighted by molar-refractivity contribution is -0.143. The summed E-state index contributed by atoms with van der Waals surface area (Å²) in [6.07, 6.45) is 27.6. The maximum absolute atomic E-state index is 12.0. The van der Waals surface area contributed by atoms with Gasteiger partial charge in [0.1, 0.15) is 0 Å². The van der Waals surface area contributed by atoms with E-state index in [9.17, 15) is 14.4 Å². The van der Waals surface area contributed by atoms with Gasteiger partial charge < -0.3 is 15.5 Å². The number of hydrogen-bond acceptors (Lipinski definition) is 4. The third-order valence-corrected chi connectivity index (χ3v) is 6.90. The van der Waals surface area contributed by atoms with Crippen molar-refractivity contribution < 1.29 is 24.6 Å². The molecule has 7 nitrogen and oxygen atoms in total. The minimum Gasteiger partial charge on any atom is -0.481 e. The van der Waals surface area contributed by atoms with E-state index in [2.05, 4.69) is 24.1 Å². The number of rotatable bonds is 26. The van der Waals surface area contributed by atoms with Crippen molar-refractivity contribution in [3.05, 3.63) is 0 Å².